The molecule has 0 aliphatic heterocycles. The van der Waals surface area contributed by atoms with E-state index in [2.05, 4.69) is 5.32 Å². The fourth-order valence-electron chi connectivity index (χ4n) is 4.49. The highest BCUT2D eigenvalue weighted by molar-refractivity contribution is 5.96. The molecule has 4 aliphatic rings. The van der Waals surface area contributed by atoms with E-state index in [4.69, 9.17) is 0 Å². The molecule has 1 aromatic carbocycles. The third kappa shape index (κ3) is 2.19. The van der Waals surface area contributed by atoms with Crippen LogP contribution in [0.4, 0.5) is 11.4 Å². The molecule has 0 heterocycles. The first kappa shape index (κ1) is 14.9. The van der Waals surface area contributed by atoms with E-state index in [1.807, 2.05) is 12.2 Å². The Labute approximate surface area is 137 Å². The predicted octanol–water partition coefficient (Wildman–Crippen LogP) is 2.30. The number of carbonyl (C=O) groups is 2. The molecule has 6 atom stereocenters. The summed E-state index contributed by atoms with van der Waals surface area (Å²) in [7, 11) is 0. The zero-order valence-electron chi connectivity index (χ0n) is 12.7. The number of hydrogen-bond donors (Lipinski definition) is 2. The quantitative estimate of drug-likeness (QED) is 0.501. The summed E-state index contributed by atoms with van der Waals surface area (Å²) in [5, 5.41) is 23.1. The van der Waals surface area contributed by atoms with Gasteiger partial charge in [0.05, 0.1) is 16.8 Å². The van der Waals surface area contributed by atoms with Crippen LogP contribution in [0, 0.1) is 45.6 Å². The Kier molecular flexibility index (Phi) is 3.19. The van der Waals surface area contributed by atoms with Gasteiger partial charge in [-0.15, -0.1) is 0 Å². The molecule has 0 unspecified atom stereocenters. The number of nitro benzene ring substituents is 1. The third-order valence-electron chi connectivity index (χ3n) is 5.56. The number of nitrogens with one attached hydrogen (secondary N) is 1. The van der Waals surface area contributed by atoms with E-state index in [-0.39, 0.29) is 23.4 Å². The summed E-state index contributed by atoms with van der Waals surface area (Å²) in [5.74, 6) is -2.01. The van der Waals surface area contributed by atoms with Crippen LogP contribution < -0.4 is 5.32 Å². The smallest absolute Gasteiger partial charge is 0.307 e. The summed E-state index contributed by atoms with van der Waals surface area (Å²) < 4.78 is 0. The number of benzene rings is 1. The average Bonchev–Trinajstić information content (AvgIpc) is 3.36. The summed E-state index contributed by atoms with van der Waals surface area (Å²) in [4.78, 5) is 34.8. The molecular formula is C17H16N2O5. The van der Waals surface area contributed by atoms with Crippen LogP contribution in [0.1, 0.15) is 6.42 Å². The number of nitrogens with zero attached hydrogens (tertiary/aromatic N) is 1. The number of aliphatic carboxylic acids is 1. The number of non-ortho nitro benzene ring substituents is 1. The van der Waals surface area contributed by atoms with Crippen LogP contribution in [-0.4, -0.2) is 21.9 Å². The first-order valence-corrected chi connectivity index (χ1v) is 7.94. The predicted molar refractivity (Wildman–Crippen MR) is 84.1 cm³/mol. The molecule has 2 fully saturated rings. The number of fused-ring (bicyclic) bond motifs is 1. The summed E-state index contributed by atoms with van der Waals surface area (Å²) >= 11 is 0. The van der Waals surface area contributed by atoms with E-state index >= 15 is 0 Å². The molecule has 0 aromatic heterocycles. The van der Waals surface area contributed by atoms with Crippen LogP contribution in [0.3, 0.4) is 0 Å². The maximum Gasteiger partial charge on any atom is 0.307 e. The molecule has 4 aliphatic carbocycles. The van der Waals surface area contributed by atoms with Gasteiger partial charge in [0.25, 0.3) is 5.69 Å². The van der Waals surface area contributed by atoms with Crippen molar-refractivity contribution in [2.75, 3.05) is 5.32 Å². The van der Waals surface area contributed by atoms with Crippen molar-refractivity contribution >= 4 is 23.3 Å². The standard InChI is InChI=1S/C17H16N2O5/c20-16(18-8-2-1-3-9(6-8)19(23)24)14-10-4-5-11(13-7-12(10)13)15(14)17(21)22/h1-6,10-15H,7H2,(H,18,20)(H,21,22)/t10-,11-,12-,13-,14+,15+/m1/s1. The molecule has 0 radical (unpaired) electrons. The summed E-state index contributed by atoms with van der Waals surface area (Å²) in [6.07, 6.45) is 4.91. The van der Waals surface area contributed by atoms with Crippen molar-refractivity contribution in [3.8, 4) is 0 Å². The Hall–Kier alpha value is -2.70. The van der Waals surface area contributed by atoms with E-state index in [1.54, 1.807) is 6.07 Å². The van der Waals surface area contributed by atoms with Gasteiger partial charge in [0.15, 0.2) is 0 Å². The molecule has 24 heavy (non-hydrogen) atoms. The van der Waals surface area contributed by atoms with Crippen molar-refractivity contribution in [1.82, 2.24) is 0 Å². The lowest BCUT2D eigenvalue weighted by Crippen LogP contribution is -2.48. The Bertz CT molecular complexity index is 774. The Morgan fingerprint density at radius 3 is 2.46 bits per heavy atom. The minimum Gasteiger partial charge on any atom is -0.481 e. The van der Waals surface area contributed by atoms with Crippen molar-refractivity contribution < 1.29 is 19.6 Å². The first-order chi connectivity index (χ1) is 11.5. The topological polar surface area (TPSA) is 110 Å². The zero-order chi connectivity index (χ0) is 17.0. The second-order valence-corrected chi connectivity index (χ2v) is 6.79. The van der Waals surface area contributed by atoms with E-state index in [9.17, 15) is 24.8 Å². The summed E-state index contributed by atoms with van der Waals surface area (Å²) in [6.45, 7) is 0. The molecule has 7 heteroatoms. The van der Waals surface area contributed by atoms with Crippen LogP contribution in [0.15, 0.2) is 36.4 Å². The SMILES string of the molecule is O=C(O)[C@H]1[C@@H]2C=C[C@H]([C@H]3C[C@H]23)[C@@H]1C(=O)Nc1cccc([N+](=O)[O-])c1. The van der Waals surface area contributed by atoms with Gasteiger partial charge in [0.1, 0.15) is 0 Å². The van der Waals surface area contributed by atoms with Gasteiger partial charge in [-0.05, 0) is 36.2 Å². The monoisotopic (exact) mass is 328 g/mol. The molecule has 2 N–H and O–H groups in total. The van der Waals surface area contributed by atoms with Crippen LogP contribution in [0.5, 0.6) is 0 Å². The average molecular weight is 328 g/mol. The molecule has 5 rings (SSSR count). The van der Waals surface area contributed by atoms with E-state index in [1.165, 1.54) is 18.2 Å². The molecule has 1 aromatic rings. The fraction of sp³-hybridized carbons (Fsp3) is 0.412. The van der Waals surface area contributed by atoms with Gasteiger partial charge in [-0.1, -0.05) is 18.2 Å². The number of amides is 1. The molecule has 1 amide bonds. The summed E-state index contributed by atoms with van der Waals surface area (Å²) in [6, 6.07) is 5.68. The Morgan fingerprint density at radius 2 is 1.83 bits per heavy atom. The molecule has 2 bridgehead atoms. The van der Waals surface area contributed by atoms with Crippen molar-refractivity contribution in [2.24, 2.45) is 35.5 Å². The van der Waals surface area contributed by atoms with Crippen molar-refractivity contribution in [3.63, 3.8) is 0 Å². The van der Waals surface area contributed by atoms with Crippen LogP contribution in [0.2, 0.25) is 0 Å². The number of carboxylic acid groups (broad SMARTS) is 1. The highest BCUT2D eigenvalue weighted by Gasteiger charge is 2.62. The minimum atomic E-state index is -0.945. The van der Waals surface area contributed by atoms with E-state index in [0.29, 0.717) is 17.5 Å². The third-order valence-corrected chi connectivity index (χ3v) is 5.56. The number of anilines is 1. The second-order valence-electron chi connectivity index (χ2n) is 6.79. The maximum atomic E-state index is 12.7. The van der Waals surface area contributed by atoms with Gasteiger partial charge in [0, 0.05) is 17.8 Å². The highest BCUT2D eigenvalue weighted by Crippen LogP contribution is 2.63. The maximum absolute atomic E-state index is 12.7. The fourth-order valence-corrected chi connectivity index (χ4v) is 4.49. The Morgan fingerprint density at radius 1 is 1.17 bits per heavy atom. The molecule has 2 saturated carbocycles. The summed E-state index contributed by atoms with van der Waals surface area (Å²) in [5.41, 5.74) is 0.200. The highest BCUT2D eigenvalue weighted by atomic mass is 16.6. The number of allylic oxidation sites excluding steroid dienone is 2. The number of carboxylic acids is 1. The second kappa shape index (κ2) is 5.15. The zero-order valence-corrected chi connectivity index (χ0v) is 12.7. The van der Waals surface area contributed by atoms with Crippen LogP contribution in [0.25, 0.3) is 0 Å². The minimum absolute atomic E-state index is 0.0557. The molecule has 124 valence electrons. The number of carbonyl (C=O) groups excluding carboxylic acids is 1. The van der Waals surface area contributed by atoms with Crippen molar-refractivity contribution in [3.05, 3.63) is 46.5 Å². The van der Waals surface area contributed by atoms with Crippen molar-refractivity contribution in [2.45, 2.75) is 6.42 Å². The normalized spacial score (nSPS) is 35.2. The first-order valence-electron chi connectivity index (χ1n) is 7.94. The van der Waals surface area contributed by atoms with Gasteiger partial charge in [-0.3, -0.25) is 19.7 Å². The van der Waals surface area contributed by atoms with Gasteiger partial charge < -0.3 is 10.4 Å². The lowest BCUT2D eigenvalue weighted by molar-refractivity contribution is -0.384. The van der Waals surface area contributed by atoms with Crippen LogP contribution >= 0.6 is 0 Å². The lowest BCUT2D eigenvalue weighted by Gasteiger charge is -2.41. The van der Waals surface area contributed by atoms with Gasteiger partial charge in [-0.2, -0.15) is 0 Å². The molecular weight excluding hydrogens is 312 g/mol. The Balaban J connectivity index is 1.59. The largest absolute Gasteiger partial charge is 0.481 e. The van der Waals surface area contributed by atoms with Gasteiger partial charge in [-0.25, -0.2) is 0 Å². The van der Waals surface area contributed by atoms with Gasteiger partial charge >= 0.3 is 5.97 Å². The van der Waals surface area contributed by atoms with Crippen LogP contribution in [-0.2, 0) is 9.59 Å². The molecule has 7 nitrogen and oxygen atoms in total. The van der Waals surface area contributed by atoms with E-state index < -0.39 is 22.7 Å². The molecule has 0 spiro atoms. The van der Waals surface area contributed by atoms with E-state index in [0.717, 1.165) is 6.42 Å². The number of rotatable bonds is 4. The number of hydrogen-bond acceptors (Lipinski definition) is 4. The number of nitro groups is 1. The van der Waals surface area contributed by atoms with Gasteiger partial charge in [0.2, 0.25) is 5.91 Å². The molecule has 0 saturated heterocycles. The lowest BCUT2D eigenvalue weighted by atomic mass is 9.62. The van der Waals surface area contributed by atoms with Crippen molar-refractivity contribution in [1.29, 1.82) is 0 Å².